The number of rotatable bonds is 10. The predicted octanol–water partition coefficient (Wildman–Crippen LogP) is 4.42. The summed E-state index contributed by atoms with van der Waals surface area (Å²) in [5.74, 6) is -0.0822. The molecular formula is C23H28ClN3O3. The van der Waals surface area contributed by atoms with Gasteiger partial charge in [-0.25, -0.2) is 5.43 Å². The summed E-state index contributed by atoms with van der Waals surface area (Å²) in [6.07, 6.45) is 3.64. The van der Waals surface area contributed by atoms with Gasteiger partial charge >= 0.3 is 0 Å². The van der Waals surface area contributed by atoms with E-state index in [0.717, 1.165) is 24.2 Å². The first-order valence-corrected chi connectivity index (χ1v) is 10.4. The minimum Gasteiger partial charge on any atom is -0.494 e. The van der Waals surface area contributed by atoms with Crippen LogP contribution in [0.15, 0.2) is 53.6 Å². The number of benzene rings is 2. The second-order valence-electron chi connectivity index (χ2n) is 7.21. The molecule has 0 bridgehead atoms. The largest absolute Gasteiger partial charge is 0.494 e. The van der Waals surface area contributed by atoms with Gasteiger partial charge in [0, 0.05) is 10.6 Å². The zero-order chi connectivity index (χ0) is 21.9. The first kappa shape index (κ1) is 23.4. The van der Waals surface area contributed by atoms with Crippen LogP contribution in [-0.4, -0.2) is 30.7 Å². The van der Waals surface area contributed by atoms with Gasteiger partial charge in [0.15, 0.2) is 0 Å². The molecule has 0 aromatic heterocycles. The smallest absolute Gasteiger partial charge is 0.262 e. The van der Waals surface area contributed by atoms with E-state index in [4.69, 9.17) is 16.3 Å². The van der Waals surface area contributed by atoms with Gasteiger partial charge in [-0.2, -0.15) is 5.10 Å². The van der Waals surface area contributed by atoms with Crippen LogP contribution in [0, 0.1) is 5.92 Å². The van der Waals surface area contributed by atoms with Crippen LogP contribution >= 0.6 is 11.6 Å². The third-order valence-corrected chi connectivity index (χ3v) is 4.59. The zero-order valence-corrected chi connectivity index (χ0v) is 18.3. The van der Waals surface area contributed by atoms with Gasteiger partial charge in [-0.15, -0.1) is 0 Å². The third kappa shape index (κ3) is 7.52. The van der Waals surface area contributed by atoms with Crippen LogP contribution in [-0.2, 0) is 4.79 Å². The van der Waals surface area contributed by atoms with E-state index in [1.807, 2.05) is 38.1 Å². The Balaban J connectivity index is 1.92. The standard InChI is InChI=1S/C23H28ClN3O3/c1-4-5-13-30-20-11-9-17(10-12-20)15-25-27-23(29)21(16(2)3)26-22(28)18-7-6-8-19(24)14-18/h6-12,14-16,21H,4-5,13H2,1-3H3,(H,26,28)(H,27,29). The van der Waals surface area contributed by atoms with Gasteiger partial charge in [-0.05, 0) is 60.4 Å². The lowest BCUT2D eigenvalue weighted by molar-refractivity contribution is -0.123. The molecule has 2 amide bonds. The van der Waals surface area contributed by atoms with Gasteiger partial charge in [0.25, 0.3) is 11.8 Å². The Bertz CT molecular complexity index is 866. The molecule has 7 heteroatoms. The molecule has 0 saturated heterocycles. The molecule has 0 aliphatic rings. The third-order valence-electron chi connectivity index (χ3n) is 4.36. The number of ether oxygens (including phenoxy) is 1. The normalized spacial score (nSPS) is 12.0. The molecule has 1 unspecified atom stereocenters. The average Bonchev–Trinajstić information content (AvgIpc) is 2.72. The molecule has 30 heavy (non-hydrogen) atoms. The summed E-state index contributed by atoms with van der Waals surface area (Å²) < 4.78 is 5.62. The molecular weight excluding hydrogens is 402 g/mol. The lowest BCUT2D eigenvalue weighted by atomic mass is 10.0. The summed E-state index contributed by atoms with van der Waals surface area (Å²) in [5, 5.41) is 7.20. The second kappa shape index (κ2) is 12.0. The molecule has 0 saturated carbocycles. The van der Waals surface area contributed by atoms with Crippen LogP contribution in [0.3, 0.4) is 0 Å². The molecule has 0 radical (unpaired) electrons. The van der Waals surface area contributed by atoms with Gasteiger partial charge in [-0.3, -0.25) is 9.59 Å². The molecule has 0 aliphatic heterocycles. The number of nitrogens with one attached hydrogen (secondary N) is 2. The first-order chi connectivity index (χ1) is 14.4. The van der Waals surface area contributed by atoms with Crippen molar-refractivity contribution in [2.75, 3.05) is 6.61 Å². The second-order valence-corrected chi connectivity index (χ2v) is 7.65. The van der Waals surface area contributed by atoms with Gasteiger partial charge in [0.2, 0.25) is 0 Å². The number of hydrazone groups is 1. The van der Waals surface area contributed by atoms with Crippen molar-refractivity contribution in [1.82, 2.24) is 10.7 Å². The minimum absolute atomic E-state index is 0.122. The SMILES string of the molecule is CCCCOc1ccc(C=NNC(=O)C(NC(=O)c2cccc(Cl)c2)C(C)C)cc1. The summed E-state index contributed by atoms with van der Waals surface area (Å²) in [5.41, 5.74) is 3.71. The van der Waals surface area contributed by atoms with Crippen molar-refractivity contribution in [3.05, 3.63) is 64.7 Å². The fraction of sp³-hybridized carbons (Fsp3) is 0.348. The molecule has 2 aromatic rings. The zero-order valence-electron chi connectivity index (χ0n) is 17.5. The topological polar surface area (TPSA) is 79.8 Å². The lowest BCUT2D eigenvalue weighted by Gasteiger charge is -2.20. The van der Waals surface area contributed by atoms with Crippen LogP contribution in [0.5, 0.6) is 5.75 Å². The highest BCUT2D eigenvalue weighted by atomic mass is 35.5. The number of nitrogens with zero attached hydrogens (tertiary/aromatic N) is 1. The van der Waals surface area contributed by atoms with Gasteiger partial charge in [0.1, 0.15) is 11.8 Å². The monoisotopic (exact) mass is 429 g/mol. The predicted molar refractivity (Wildman–Crippen MR) is 120 cm³/mol. The lowest BCUT2D eigenvalue weighted by Crippen LogP contribution is -2.48. The molecule has 0 spiro atoms. The fourth-order valence-electron chi connectivity index (χ4n) is 2.61. The number of hydrogen-bond donors (Lipinski definition) is 2. The molecule has 0 fully saturated rings. The van der Waals surface area contributed by atoms with E-state index >= 15 is 0 Å². The van der Waals surface area contributed by atoms with E-state index in [9.17, 15) is 9.59 Å². The molecule has 2 rings (SSSR count). The highest BCUT2D eigenvalue weighted by molar-refractivity contribution is 6.31. The van der Waals surface area contributed by atoms with Gasteiger partial charge in [0.05, 0.1) is 12.8 Å². The number of hydrogen-bond acceptors (Lipinski definition) is 4. The summed E-state index contributed by atoms with van der Waals surface area (Å²) in [6, 6.07) is 13.3. The quantitative estimate of drug-likeness (QED) is 0.333. The van der Waals surface area contributed by atoms with Crippen molar-refractivity contribution in [1.29, 1.82) is 0 Å². The Morgan fingerprint density at radius 3 is 2.53 bits per heavy atom. The molecule has 0 aliphatic carbocycles. The maximum atomic E-state index is 12.5. The molecule has 1 atom stereocenters. The average molecular weight is 430 g/mol. The van der Waals surface area contributed by atoms with E-state index in [-0.39, 0.29) is 11.8 Å². The summed E-state index contributed by atoms with van der Waals surface area (Å²) in [4.78, 5) is 25.0. The van der Waals surface area contributed by atoms with E-state index in [1.165, 1.54) is 0 Å². The van der Waals surface area contributed by atoms with Crippen molar-refractivity contribution in [2.24, 2.45) is 11.0 Å². The van der Waals surface area contributed by atoms with Crippen molar-refractivity contribution in [2.45, 2.75) is 39.7 Å². The highest BCUT2D eigenvalue weighted by Gasteiger charge is 2.24. The van der Waals surface area contributed by atoms with Crippen molar-refractivity contribution < 1.29 is 14.3 Å². The van der Waals surface area contributed by atoms with Crippen LogP contribution < -0.4 is 15.5 Å². The molecule has 0 heterocycles. The van der Waals surface area contributed by atoms with Crippen LogP contribution in [0.25, 0.3) is 0 Å². The summed E-state index contributed by atoms with van der Waals surface area (Å²) in [6.45, 7) is 6.51. The number of halogens is 1. The van der Waals surface area contributed by atoms with Crippen molar-refractivity contribution in [3.8, 4) is 5.75 Å². The Hall–Kier alpha value is -2.86. The van der Waals surface area contributed by atoms with Crippen molar-refractivity contribution >= 4 is 29.6 Å². The van der Waals surface area contributed by atoms with Gasteiger partial charge in [-0.1, -0.05) is 44.9 Å². The Labute approximate surface area is 182 Å². The number of carbonyl (C=O) groups excluding carboxylic acids is 2. The van der Waals surface area contributed by atoms with Gasteiger partial charge < -0.3 is 10.1 Å². The molecule has 2 N–H and O–H groups in total. The Morgan fingerprint density at radius 2 is 1.90 bits per heavy atom. The van der Waals surface area contributed by atoms with E-state index in [1.54, 1.807) is 30.5 Å². The molecule has 160 valence electrons. The first-order valence-electron chi connectivity index (χ1n) is 10.0. The maximum absolute atomic E-state index is 12.5. The number of amides is 2. The molecule has 6 nitrogen and oxygen atoms in total. The van der Waals surface area contributed by atoms with Crippen LogP contribution in [0.1, 0.15) is 49.5 Å². The minimum atomic E-state index is -0.733. The van der Waals surface area contributed by atoms with E-state index < -0.39 is 11.9 Å². The van der Waals surface area contributed by atoms with Crippen LogP contribution in [0.4, 0.5) is 0 Å². The highest BCUT2D eigenvalue weighted by Crippen LogP contribution is 2.13. The Morgan fingerprint density at radius 1 is 1.17 bits per heavy atom. The summed E-state index contributed by atoms with van der Waals surface area (Å²) >= 11 is 5.93. The summed E-state index contributed by atoms with van der Waals surface area (Å²) in [7, 11) is 0. The van der Waals surface area contributed by atoms with Crippen LogP contribution in [0.2, 0.25) is 5.02 Å². The fourth-order valence-corrected chi connectivity index (χ4v) is 2.80. The number of carbonyl (C=O) groups is 2. The maximum Gasteiger partial charge on any atom is 0.262 e. The van der Waals surface area contributed by atoms with Crippen molar-refractivity contribution in [3.63, 3.8) is 0 Å². The Kier molecular flexibility index (Phi) is 9.35. The molecule has 2 aromatic carbocycles. The number of unbranched alkanes of at least 4 members (excludes halogenated alkanes) is 1. The van der Waals surface area contributed by atoms with E-state index in [0.29, 0.717) is 17.2 Å². The van der Waals surface area contributed by atoms with E-state index in [2.05, 4.69) is 22.8 Å².